The quantitative estimate of drug-likeness (QED) is 0.646. The van der Waals surface area contributed by atoms with E-state index >= 15 is 0 Å². The van der Waals surface area contributed by atoms with Crippen molar-refractivity contribution < 1.29 is 19.1 Å². The minimum Gasteiger partial charge on any atom is -0.495 e. The molecule has 0 saturated heterocycles. The van der Waals surface area contributed by atoms with Gasteiger partial charge < -0.3 is 14.3 Å². The molecule has 0 spiro atoms. The lowest BCUT2D eigenvalue weighted by atomic mass is 9.76. The fourth-order valence-corrected chi connectivity index (χ4v) is 3.98. The Bertz CT molecular complexity index is 847. The van der Waals surface area contributed by atoms with E-state index in [0.29, 0.717) is 48.6 Å². The van der Waals surface area contributed by atoms with Crippen LogP contribution in [0.5, 0.6) is 11.5 Å². The topological polar surface area (TPSA) is 52.6 Å². The van der Waals surface area contributed by atoms with E-state index in [4.69, 9.17) is 21.1 Å². The van der Waals surface area contributed by atoms with Gasteiger partial charge >= 0.3 is 0 Å². The molecular formula is C22H23ClO4. The Morgan fingerprint density at radius 2 is 1.89 bits per heavy atom. The molecule has 0 heterocycles. The van der Waals surface area contributed by atoms with Crippen LogP contribution in [0.3, 0.4) is 0 Å². The summed E-state index contributed by atoms with van der Waals surface area (Å²) in [7, 11) is 1.56. The van der Waals surface area contributed by atoms with E-state index in [2.05, 4.69) is 0 Å². The number of carbonyl (C=O) groups excluding carboxylic acids is 2. The minimum atomic E-state index is -0.668. The molecule has 0 aromatic heterocycles. The van der Waals surface area contributed by atoms with Crippen LogP contribution >= 0.6 is 11.6 Å². The molecule has 27 heavy (non-hydrogen) atoms. The van der Waals surface area contributed by atoms with E-state index < -0.39 is 5.41 Å². The number of fused-ring (bicyclic) bond motifs is 1. The molecule has 0 fully saturated rings. The van der Waals surface area contributed by atoms with Gasteiger partial charge in [-0.25, -0.2) is 0 Å². The molecule has 0 aliphatic heterocycles. The zero-order chi connectivity index (χ0) is 19.4. The summed E-state index contributed by atoms with van der Waals surface area (Å²) in [4.78, 5) is 24.9. The van der Waals surface area contributed by atoms with Crippen LogP contribution in [-0.4, -0.2) is 25.3 Å². The van der Waals surface area contributed by atoms with Crippen LogP contribution < -0.4 is 9.47 Å². The fraction of sp³-hybridized carbons (Fsp3) is 0.364. The molecule has 0 bridgehead atoms. The second-order valence-corrected chi connectivity index (χ2v) is 7.39. The Morgan fingerprint density at radius 3 is 2.56 bits per heavy atom. The van der Waals surface area contributed by atoms with Gasteiger partial charge in [-0.3, -0.25) is 4.79 Å². The van der Waals surface area contributed by atoms with E-state index in [0.717, 1.165) is 11.3 Å². The maximum absolute atomic E-state index is 13.3. The first-order chi connectivity index (χ1) is 13.0. The number of hydrogen-bond acceptors (Lipinski definition) is 4. The van der Waals surface area contributed by atoms with E-state index in [1.54, 1.807) is 26.2 Å². The maximum atomic E-state index is 13.3. The molecule has 142 valence electrons. The zero-order valence-corrected chi connectivity index (χ0v) is 16.3. The average Bonchev–Trinajstić information content (AvgIpc) is 2.95. The number of rotatable bonds is 8. The molecule has 0 amide bonds. The lowest BCUT2D eigenvalue weighted by Crippen LogP contribution is -2.31. The summed E-state index contributed by atoms with van der Waals surface area (Å²) in [5, 5.41) is 0.483. The lowest BCUT2D eigenvalue weighted by molar-refractivity contribution is -0.117. The molecule has 2 aromatic carbocycles. The van der Waals surface area contributed by atoms with Gasteiger partial charge in [0.05, 0.1) is 18.7 Å². The van der Waals surface area contributed by atoms with Crippen LogP contribution in [0.15, 0.2) is 42.5 Å². The standard InChI is InChI=1S/C22H23ClO4/c1-15(24)10-11-22(12-13-27-16-6-4-3-5-7-16)14-18-17(21(22)25)8-9-19(26-2)20(18)23/h3-9H,10-14H2,1-2H3/t22-/m1/s1. The Morgan fingerprint density at radius 1 is 1.15 bits per heavy atom. The van der Waals surface area contributed by atoms with Crippen molar-refractivity contribution >= 4 is 23.2 Å². The van der Waals surface area contributed by atoms with Crippen molar-refractivity contribution in [3.63, 3.8) is 0 Å². The Hall–Kier alpha value is -2.33. The summed E-state index contributed by atoms with van der Waals surface area (Å²) in [6, 6.07) is 13.0. The molecule has 0 N–H and O–H groups in total. The Kier molecular flexibility index (Phi) is 5.85. The zero-order valence-electron chi connectivity index (χ0n) is 15.6. The molecule has 2 aromatic rings. The summed E-state index contributed by atoms with van der Waals surface area (Å²) in [5.74, 6) is 1.44. The second-order valence-electron chi connectivity index (χ2n) is 7.01. The van der Waals surface area contributed by atoms with Crippen LogP contribution in [0.4, 0.5) is 0 Å². The SMILES string of the molecule is COc1ccc2c(c1Cl)C[C@](CCOc1ccccc1)(CCC(C)=O)C2=O. The van der Waals surface area contributed by atoms with Gasteiger partial charge in [0.25, 0.3) is 0 Å². The number of para-hydroxylation sites is 1. The molecular weight excluding hydrogens is 364 g/mol. The van der Waals surface area contributed by atoms with Crippen LogP contribution in [0.1, 0.15) is 42.1 Å². The number of ether oxygens (including phenoxy) is 2. The van der Waals surface area contributed by atoms with Crippen molar-refractivity contribution in [1.82, 2.24) is 0 Å². The van der Waals surface area contributed by atoms with Gasteiger partial charge in [-0.2, -0.15) is 0 Å². The van der Waals surface area contributed by atoms with E-state index in [1.807, 2.05) is 30.3 Å². The summed E-state index contributed by atoms with van der Waals surface area (Å²) < 4.78 is 11.1. The maximum Gasteiger partial charge on any atom is 0.169 e. The van der Waals surface area contributed by atoms with Crippen molar-refractivity contribution in [2.45, 2.75) is 32.6 Å². The predicted molar refractivity (Wildman–Crippen MR) is 105 cm³/mol. The number of benzene rings is 2. The predicted octanol–water partition coefficient (Wildman–Crippen LogP) is 4.91. The molecule has 4 nitrogen and oxygen atoms in total. The first kappa shape index (κ1) is 19.4. The van der Waals surface area contributed by atoms with E-state index in [9.17, 15) is 9.59 Å². The van der Waals surface area contributed by atoms with Gasteiger partial charge in [-0.05, 0) is 56.0 Å². The molecule has 3 rings (SSSR count). The van der Waals surface area contributed by atoms with Gasteiger partial charge in [0.2, 0.25) is 0 Å². The molecule has 5 heteroatoms. The third-order valence-corrected chi connectivity index (χ3v) is 5.63. The summed E-state index contributed by atoms with van der Waals surface area (Å²) in [6.07, 6.45) is 1.89. The molecule has 1 aliphatic carbocycles. The van der Waals surface area contributed by atoms with Crippen molar-refractivity contribution in [2.24, 2.45) is 5.41 Å². The van der Waals surface area contributed by atoms with Crippen molar-refractivity contribution in [2.75, 3.05) is 13.7 Å². The summed E-state index contributed by atoms with van der Waals surface area (Å²) >= 11 is 6.46. The van der Waals surface area contributed by atoms with E-state index in [1.165, 1.54) is 0 Å². The number of Topliss-reactive ketones (excluding diaryl/α,β-unsaturated/α-hetero) is 2. The lowest BCUT2D eigenvalue weighted by Gasteiger charge is -2.27. The molecule has 0 unspecified atom stereocenters. The molecule has 0 saturated carbocycles. The normalized spacial score (nSPS) is 18.3. The number of ketones is 2. The Balaban J connectivity index is 1.83. The largest absolute Gasteiger partial charge is 0.495 e. The number of methoxy groups -OCH3 is 1. The minimum absolute atomic E-state index is 0.0416. The second kappa shape index (κ2) is 8.13. The Labute approximate surface area is 164 Å². The highest BCUT2D eigenvalue weighted by Gasteiger charge is 2.46. The van der Waals surface area contributed by atoms with Gasteiger partial charge in [0, 0.05) is 17.4 Å². The highest BCUT2D eigenvalue weighted by Crippen LogP contribution is 2.47. The number of halogens is 1. The highest BCUT2D eigenvalue weighted by atomic mass is 35.5. The number of carbonyl (C=O) groups is 2. The smallest absolute Gasteiger partial charge is 0.169 e. The van der Waals surface area contributed by atoms with Crippen LogP contribution in [0.25, 0.3) is 0 Å². The monoisotopic (exact) mass is 386 g/mol. The van der Waals surface area contributed by atoms with Gasteiger partial charge in [-0.15, -0.1) is 0 Å². The third-order valence-electron chi connectivity index (χ3n) is 5.22. The molecule has 0 radical (unpaired) electrons. The summed E-state index contributed by atoms with van der Waals surface area (Å²) in [6.45, 7) is 1.95. The van der Waals surface area contributed by atoms with Crippen LogP contribution in [0.2, 0.25) is 5.02 Å². The van der Waals surface area contributed by atoms with Crippen LogP contribution in [-0.2, 0) is 11.2 Å². The molecule has 1 atom stereocenters. The summed E-state index contributed by atoms with van der Waals surface area (Å²) in [5.41, 5.74) is 0.770. The third kappa shape index (κ3) is 4.01. The van der Waals surface area contributed by atoms with Crippen molar-refractivity contribution in [1.29, 1.82) is 0 Å². The van der Waals surface area contributed by atoms with E-state index in [-0.39, 0.29) is 11.6 Å². The van der Waals surface area contributed by atoms with Crippen molar-refractivity contribution in [3.8, 4) is 11.5 Å². The van der Waals surface area contributed by atoms with Gasteiger partial charge in [-0.1, -0.05) is 29.8 Å². The fourth-order valence-electron chi connectivity index (χ4n) is 3.67. The highest BCUT2D eigenvalue weighted by molar-refractivity contribution is 6.33. The number of hydrogen-bond donors (Lipinski definition) is 0. The van der Waals surface area contributed by atoms with Crippen molar-refractivity contribution in [3.05, 3.63) is 58.6 Å². The van der Waals surface area contributed by atoms with Crippen LogP contribution in [0, 0.1) is 5.41 Å². The first-order valence-corrected chi connectivity index (χ1v) is 9.42. The van der Waals surface area contributed by atoms with Gasteiger partial charge in [0.15, 0.2) is 5.78 Å². The average molecular weight is 387 g/mol. The molecule has 1 aliphatic rings. The van der Waals surface area contributed by atoms with Gasteiger partial charge in [0.1, 0.15) is 17.3 Å². The first-order valence-electron chi connectivity index (χ1n) is 9.04.